The lowest BCUT2D eigenvalue weighted by molar-refractivity contribution is 0.449. The fourth-order valence-electron chi connectivity index (χ4n) is 2.59. The Morgan fingerprint density at radius 1 is 0.900 bits per heavy atom. The number of anilines is 1. The molecule has 0 fully saturated rings. The van der Waals surface area contributed by atoms with Gasteiger partial charge in [-0.2, -0.15) is 0 Å². The van der Waals surface area contributed by atoms with Gasteiger partial charge in [-0.25, -0.2) is 13.2 Å². The molecule has 0 atom stereocenters. The van der Waals surface area contributed by atoms with Crippen LogP contribution >= 0.6 is 0 Å². The normalized spacial score (nSPS) is 13.3. The van der Waals surface area contributed by atoms with Crippen molar-refractivity contribution < 1.29 is 13.2 Å². The highest BCUT2D eigenvalue weighted by molar-refractivity contribution is 5.46. The zero-order chi connectivity index (χ0) is 14.1. The molecule has 0 aromatic heterocycles. The molecular formula is C16H14F3N. The number of nitrogens with one attached hydrogen (secondary N) is 1. The maximum absolute atomic E-state index is 13.5. The second-order valence-electron chi connectivity index (χ2n) is 5.03. The van der Waals surface area contributed by atoms with E-state index in [0.29, 0.717) is 6.54 Å². The van der Waals surface area contributed by atoms with Crippen molar-refractivity contribution in [3.05, 3.63) is 64.5 Å². The van der Waals surface area contributed by atoms with Crippen LogP contribution < -0.4 is 5.32 Å². The predicted octanol–water partition coefficient (Wildman–Crippen LogP) is 4.20. The van der Waals surface area contributed by atoms with Crippen molar-refractivity contribution in [1.82, 2.24) is 0 Å². The number of rotatable bonds is 3. The lowest BCUT2D eigenvalue weighted by atomic mass is 10.1. The summed E-state index contributed by atoms with van der Waals surface area (Å²) in [5.74, 6) is -3.79. The second kappa shape index (κ2) is 5.19. The lowest BCUT2D eigenvalue weighted by Gasteiger charge is -2.10. The quantitative estimate of drug-likeness (QED) is 0.829. The molecule has 2 aromatic rings. The number of hydrogen-bond acceptors (Lipinski definition) is 1. The summed E-state index contributed by atoms with van der Waals surface area (Å²) in [6.45, 7) is 0.384. The van der Waals surface area contributed by atoms with Crippen LogP contribution in [0.15, 0.2) is 30.3 Å². The number of halogens is 3. The van der Waals surface area contributed by atoms with Gasteiger partial charge in [-0.1, -0.05) is 18.2 Å². The van der Waals surface area contributed by atoms with E-state index >= 15 is 0 Å². The van der Waals surface area contributed by atoms with E-state index in [1.54, 1.807) is 0 Å². The summed E-state index contributed by atoms with van der Waals surface area (Å²) in [5.41, 5.74) is 3.68. The third-order valence-electron chi connectivity index (χ3n) is 3.68. The zero-order valence-electron chi connectivity index (χ0n) is 10.8. The molecule has 1 aliphatic carbocycles. The second-order valence-corrected chi connectivity index (χ2v) is 5.03. The highest BCUT2D eigenvalue weighted by atomic mass is 19.2. The van der Waals surface area contributed by atoms with E-state index in [1.807, 2.05) is 6.07 Å². The smallest absolute Gasteiger partial charge is 0.196 e. The molecule has 0 spiro atoms. The Kier molecular flexibility index (Phi) is 3.38. The molecule has 0 amide bonds. The largest absolute Gasteiger partial charge is 0.379 e. The first kappa shape index (κ1) is 13.0. The third kappa shape index (κ3) is 2.38. The summed E-state index contributed by atoms with van der Waals surface area (Å²) in [5, 5.41) is 2.81. The summed E-state index contributed by atoms with van der Waals surface area (Å²) >= 11 is 0. The van der Waals surface area contributed by atoms with E-state index in [0.717, 1.165) is 24.5 Å². The number of hydrogen-bond donors (Lipinski definition) is 1. The fraction of sp³-hybridized carbons (Fsp3) is 0.250. The molecule has 2 aromatic carbocycles. The Bertz CT molecular complexity index is 652. The Morgan fingerprint density at radius 2 is 1.70 bits per heavy atom. The van der Waals surface area contributed by atoms with Crippen LogP contribution in [0.4, 0.5) is 18.9 Å². The van der Waals surface area contributed by atoms with Gasteiger partial charge in [0.15, 0.2) is 17.5 Å². The highest BCUT2D eigenvalue weighted by Gasteiger charge is 2.14. The van der Waals surface area contributed by atoms with Gasteiger partial charge in [-0.05, 0) is 48.1 Å². The monoisotopic (exact) mass is 277 g/mol. The Hall–Kier alpha value is -1.97. The standard InChI is InChI=1S/C16H14F3N/c17-13-6-7-14(16(19)15(13)18)20-9-10-4-5-11-2-1-3-12(11)8-10/h4-8,20H,1-3,9H2. The van der Waals surface area contributed by atoms with Gasteiger partial charge in [0, 0.05) is 6.54 Å². The Balaban J connectivity index is 1.75. The molecule has 1 N–H and O–H groups in total. The number of fused-ring (bicyclic) bond motifs is 1. The van der Waals surface area contributed by atoms with Crippen molar-refractivity contribution in [1.29, 1.82) is 0 Å². The zero-order valence-corrected chi connectivity index (χ0v) is 10.8. The van der Waals surface area contributed by atoms with Crippen molar-refractivity contribution in [3.63, 3.8) is 0 Å². The van der Waals surface area contributed by atoms with Crippen molar-refractivity contribution in [2.45, 2.75) is 25.8 Å². The molecule has 0 aliphatic heterocycles. The van der Waals surface area contributed by atoms with Crippen LogP contribution in [0.3, 0.4) is 0 Å². The van der Waals surface area contributed by atoms with Crippen LogP contribution in [0.25, 0.3) is 0 Å². The van der Waals surface area contributed by atoms with E-state index in [2.05, 4.69) is 17.4 Å². The van der Waals surface area contributed by atoms with E-state index in [-0.39, 0.29) is 5.69 Å². The first-order valence-electron chi connectivity index (χ1n) is 6.63. The summed E-state index contributed by atoms with van der Waals surface area (Å²) < 4.78 is 39.4. The molecule has 0 unspecified atom stereocenters. The molecule has 3 rings (SSSR count). The van der Waals surface area contributed by atoms with Gasteiger partial charge >= 0.3 is 0 Å². The molecule has 4 heteroatoms. The minimum atomic E-state index is -1.44. The Labute approximate surface area is 115 Å². The molecule has 1 aliphatic rings. The maximum atomic E-state index is 13.5. The molecule has 1 nitrogen and oxygen atoms in total. The molecule has 0 bridgehead atoms. The first-order chi connectivity index (χ1) is 9.65. The molecule has 0 saturated heterocycles. The van der Waals surface area contributed by atoms with E-state index in [9.17, 15) is 13.2 Å². The summed E-state index contributed by atoms with van der Waals surface area (Å²) in [6.07, 6.45) is 3.35. The van der Waals surface area contributed by atoms with Crippen LogP contribution in [-0.2, 0) is 19.4 Å². The van der Waals surface area contributed by atoms with Crippen molar-refractivity contribution in [2.24, 2.45) is 0 Å². The topological polar surface area (TPSA) is 12.0 Å². The Morgan fingerprint density at radius 3 is 2.55 bits per heavy atom. The molecular weight excluding hydrogens is 263 g/mol. The van der Waals surface area contributed by atoms with Gasteiger partial charge in [0.05, 0.1) is 5.69 Å². The van der Waals surface area contributed by atoms with Crippen LogP contribution in [0.2, 0.25) is 0 Å². The van der Waals surface area contributed by atoms with Crippen LogP contribution in [0.1, 0.15) is 23.1 Å². The molecule has 0 saturated carbocycles. The van der Waals surface area contributed by atoms with E-state index in [1.165, 1.54) is 23.6 Å². The fourth-order valence-corrected chi connectivity index (χ4v) is 2.59. The molecule has 0 radical (unpaired) electrons. The summed E-state index contributed by atoms with van der Waals surface area (Å²) in [4.78, 5) is 0. The van der Waals surface area contributed by atoms with Gasteiger partial charge in [-0.15, -0.1) is 0 Å². The van der Waals surface area contributed by atoms with Crippen molar-refractivity contribution in [3.8, 4) is 0 Å². The number of benzene rings is 2. The van der Waals surface area contributed by atoms with Gasteiger partial charge in [0.1, 0.15) is 0 Å². The minimum absolute atomic E-state index is 0.0237. The average molecular weight is 277 g/mol. The van der Waals surface area contributed by atoms with Gasteiger partial charge in [0.2, 0.25) is 0 Å². The third-order valence-corrected chi connectivity index (χ3v) is 3.68. The van der Waals surface area contributed by atoms with Gasteiger partial charge in [-0.3, -0.25) is 0 Å². The molecule has 0 heterocycles. The number of aryl methyl sites for hydroxylation is 2. The molecule has 104 valence electrons. The molecule has 20 heavy (non-hydrogen) atoms. The van der Waals surface area contributed by atoms with E-state index < -0.39 is 17.5 Å². The van der Waals surface area contributed by atoms with Gasteiger partial charge < -0.3 is 5.32 Å². The van der Waals surface area contributed by atoms with Crippen molar-refractivity contribution >= 4 is 5.69 Å². The highest BCUT2D eigenvalue weighted by Crippen LogP contribution is 2.24. The minimum Gasteiger partial charge on any atom is -0.379 e. The summed E-state index contributed by atoms with van der Waals surface area (Å²) in [7, 11) is 0. The van der Waals surface area contributed by atoms with Crippen LogP contribution in [0.5, 0.6) is 0 Å². The van der Waals surface area contributed by atoms with Crippen LogP contribution in [0, 0.1) is 17.5 Å². The van der Waals surface area contributed by atoms with Gasteiger partial charge in [0.25, 0.3) is 0 Å². The summed E-state index contributed by atoms with van der Waals surface area (Å²) in [6, 6.07) is 8.29. The van der Waals surface area contributed by atoms with Crippen LogP contribution in [-0.4, -0.2) is 0 Å². The van der Waals surface area contributed by atoms with E-state index in [4.69, 9.17) is 0 Å². The van der Waals surface area contributed by atoms with Crippen molar-refractivity contribution in [2.75, 3.05) is 5.32 Å². The first-order valence-corrected chi connectivity index (χ1v) is 6.63. The average Bonchev–Trinajstić information content (AvgIpc) is 2.91. The lowest BCUT2D eigenvalue weighted by Crippen LogP contribution is -2.04. The predicted molar refractivity (Wildman–Crippen MR) is 72.1 cm³/mol. The maximum Gasteiger partial charge on any atom is 0.196 e. The SMILES string of the molecule is Fc1ccc(NCc2ccc3c(c2)CCC3)c(F)c1F.